The van der Waals surface area contributed by atoms with E-state index in [1.165, 1.54) is 36.8 Å². The molecule has 3 heteroatoms. The maximum Gasteiger partial charge on any atom is 0.319 e. The van der Waals surface area contributed by atoms with Crippen LogP contribution >= 0.6 is 0 Å². The van der Waals surface area contributed by atoms with Crippen molar-refractivity contribution >= 4 is 11.7 Å². The van der Waals surface area contributed by atoms with E-state index in [0.29, 0.717) is 6.54 Å². The van der Waals surface area contributed by atoms with Crippen LogP contribution in [0.25, 0.3) is 0 Å². The Morgan fingerprint density at radius 3 is 2.95 bits per heavy atom. The molecule has 0 atom stereocenters. The summed E-state index contributed by atoms with van der Waals surface area (Å²) in [5.74, 6) is 0. The molecule has 0 spiro atoms. The number of aryl methyl sites for hydroxylation is 1. The number of benzene rings is 1. The predicted octanol–water partition coefficient (Wildman–Crippen LogP) is 4.26. The van der Waals surface area contributed by atoms with Gasteiger partial charge in [-0.15, -0.1) is 0 Å². The Balaban J connectivity index is 1.73. The van der Waals surface area contributed by atoms with Gasteiger partial charge in [0, 0.05) is 12.2 Å². The first-order chi connectivity index (χ1) is 9.78. The van der Waals surface area contributed by atoms with Crippen LogP contribution in [0.4, 0.5) is 10.5 Å². The molecule has 20 heavy (non-hydrogen) atoms. The molecule has 0 aromatic heterocycles. The molecule has 0 saturated heterocycles. The highest BCUT2D eigenvalue weighted by Gasteiger charge is 2.05. The monoisotopic (exact) mass is 272 g/mol. The Kier molecular flexibility index (Phi) is 5.66. The molecule has 0 heterocycles. The third-order valence-electron chi connectivity index (χ3n) is 3.71. The van der Waals surface area contributed by atoms with E-state index in [1.54, 1.807) is 0 Å². The number of urea groups is 1. The molecule has 2 N–H and O–H groups in total. The number of carbonyl (C=O) groups excluding carboxylic acids is 1. The fourth-order valence-electron chi connectivity index (χ4n) is 2.51. The van der Waals surface area contributed by atoms with Gasteiger partial charge in [-0.2, -0.15) is 0 Å². The number of amides is 2. The average molecular weight is 272 g/mol. The molecule has 2 rings (SSSR count). The summed E-state index contributed by atoms with van der Waals surface area (Å²) in [6.45, 7) is 2.82. The van der Waals surface area contributed by atoms with Crippen molar-refractivity contribution in [2.24, 2.45) is 0 Å². The minimum absolute atomic E-state index is 0.116. The largest absolute Gasteiger partial charge is 0.338 e. The smallest absolute Gasteiger partial charge is 0.319 e. The summed E-state index contributed by atoms with van der Waals surface area (Å²) in [4.78, 5) is 11.8. The first kappa shape index (κ1) is 14.6. The number of hydrogen-bond acceptors (Lipinski definition) is 1. The second-order valence-electron chi connectivity index (χ2n) is 5.29. The van der Waals surface area contributed by atoms with Crippen LogP contribution in [0.2, 0.25) is 0 Å². The molecule has 1 aromatic carbocycles. The van der Waals surface area contributed by atoms with E-state index in [0.717, 1.165) is 18.5 Å². The quantitative estimate of drug-likeness (QED) is 0.772. The van der Waals surface area contributed by atoms with Crippen LogP contribution in [-0.4, -0.2) is 12.6 Å². The van der Waals surface area contributed by atoms with Crippen molar-refractivity contribution < 1.29 is 4.79 Å². The summed E-state index contributed by atoms with van der Waals surface area (Å²) in [6, 6.07) is 7.86. The Labute approximate surface area is 121 Å². The van der Waals surface area contributed by atoms with E-state index in [-0.39, 0.29) is 6.03 Å². The van der Waals surface area contributed by atoms with Crippen molar-refractivity contribution in [2.75, 3.05) is 11.9 Å². The van der Waals surface area contributed by atoms with Crippen molar-refractivity contribution in [1.29, 1.82) is 0 Å². The zero-order valence-corrected chi connectivity index (χ0v) is 12.2. The van der Waals surface area contributed by atoms with Gasteiger partial charge in [0.2, 0.25) is 0 Å². The Morgan fingerprint density at radius 1 is 1.30 bits per heavy atom. The molecule has 1 aliphatic rings. The molecule has 1 aromatic rings. The predicted molar refractivity (Wildman–Crippen MR) is 84.0 cm³/mol. The molecule has 0 saturated carbocycles. The third kappa shape index (κ3) is 4.72. The van der Waals surface area contributed by atoms with Crippen molar-refractivity contribution in [3.05, 3.63) is 41.5 Å². The molecule has 2 amide bonds. The fraction of sp³-hybridized carbons (Fsp3) is 0.471. The molecule has 0 aliphatic heterocycles. The van der Waals surface area contributed by atoms with E-state index in [1.807, 2.05) is 18.2 Å². The zero-order valence-electron chi connectivity index (χ0n) is 12.2. The lowest BCUT2D eigenvalue weighted by atomic mass is 9.97. The number of nitrogens with one attached hydrogen (secondary N) is 2. The summed E-state index contributed by atoms with van der Waals surface area (Å²) in [6.07, 6.45) is 9.28. The normalized spacial score (nSPS) is 14.6. The van der Waals surface area contributed by atoms with Gasteiger partial charge in [-0.05, 0) is 56.2 Å². The standard InChI is InChI=1S/C17H24N2O/c1-2-14-9-6-10-16(13-14)19-17(20)18-12-11-15-7-4-3-5-8-15/h6-7,9-10,13H,2-5,8,11-12H2,1H3,(H2,18,19,20). The molecule has 0 fully saturated rings. The van der Waals surface area contributed by atoms with Crippen LogP contribution in [0.5, 0.6) is 0 Å². The Bertz CT molecular complexity index is 480. The van der Waals surface area contributed by atoms with E-state index < -0.39 is 0 Å². The van der Waals surface area contributed by atoms with Crippen molar-refractivity contribution in [1.82, 2.24) is 5.32 Å². The summed E-state index contributed by atoms with van der Waals surface area (Å²) in [5.41, 5.74) is 3.58. The Hall–Kier alpha value is -1.77. The molecular weight excluding hydrogens is 248 g/mol. The van der Waals surface area contributed by atoms with Gasteiger partial charge >= 0.3 is 6.03 Å². The van der Waals surface area contributed by atoms with E-state index in [2.05, 4.69) is 29.7 Å². The lowest BCUT2D eigenvalue weighted by Gasteiger charge is -2.13. The van der Waals surface area contributed by atoms with Crippen LogP contribution in [0.15, 0.2) is 35.9 Å². The molecule has 1 aliphatic carbocycles. The van der Waals surface area contributed by atoms with Crippen LogP contribution in [0.1, 0.15) is 44.6 Å². The summed E-state index contributed by atoms with van der Waals surface area (Å²) in [7, 11) is 0. The third-order valence-corrected chi connectivity index (χ3v) is 3.71. The number of anilines is 1. The molecule has 0 radical (unpaired) electrons. The second kappa shape index (κ2) is 7.73. The zero-order chi connectivity index (χ0) is 14.2. The molecule has 0 bridgehead atoms. The van der Waals surface area contributed by atoms with Gasteiger partial charge in [-0.25, -0.2) is 4.79 Å². The van der Waals surface area contributed by atoms with Gasteiger partial charge in [0.25, 0.3) is 0 Å². The maximum atomic E-state index is 11.8. The lowest BCUT2D eigenvalue weighted by molar-refractivity contribution is 0.252. The maximum absolute atomic E-state index is 11.8. The van der Waals surface area contributed by atoms with E-state index in [9.17, 15) is 4.79 Å². The molecular formula is C17H24N2O. The number of hydrogen-bond donors (Lipinski definition) is 2. The number of carbonyl (C=O) groups is 1. The summed E-state index contributed by atoms with van der Waals surface area (Å²) in [5, 5.41) is 5.81. The molecule has 0 unspecified atom stereocenters. The van der Waals surface area contributed by atoms with Crippen LogP contribution in [0, 0.1) is 0 Å². The SMILES string of the molecule is CCc1cccc(NC(=O)NCCC2=CCCCC2)c1. The summed E-state index contributed by atoms with van der Waals surface area (Å²) < 4.78 is 0. The second-order valence-corrected chi connectivity index (χ2v) is 5.29. The topological polar surface area (TPSA) is 41.1 Å². The average Bonchev–Trinajstić information content (AvgIpc) is 2.48. The number of rotatable bonds is 5. The van der Waals surface area contributed by atoms with Gasteiger partial charge in [0.15, 0.2) is 0 Å². The minimum Gasteiger partial charge on any atom is -0.338 e. The van der Waals surface area contributed by atoms with Crippen LogP contribution in [0.3, 0.4) is 0 Å². The fourth-order valence-corrected chi connectivity index (χ4v) is 2.51. The number of allylic oxidation sites excluding steroid dienone is 1. The van der Waals surface area contributed by atoms with E-state index >= 15 is 0 Å². The van der Waals surface area contributed by atoms with Gasteiger partial charge in [-0.3, -0.25) is 0 Å². The lowest BCUT2D eigenvalue weighted by Crippen LogP contribution is -2.29. The molecule has 3 nitrogen and oxygen atoms in total. The van der Waals surface area contributed by atoms with Crippen molar-refractivity contribution in [3.63, 3.8) is 0 Å². The van der Waals surface area contributed by atoms with Crippen molar-refractivity contribution in [2.45, 2.75) is 45.4 Å². The van der Waals surface area contributed by atoms with Gasteiger partial charge in [0.05, 0.1) is 0 Å². The Morgan fingerprint density at radius 2 is 2.20 bits per heavy atom. The minimum atomic E-state index is -0.116. The van der Waals surface area contributed by atoms with Gasteiger partial charge in [0.1, 0.15) is 0 Å². The van der Waals surface area contributed by atoms with Gasteiger partial charge < -0.3 is 10.6 Å². The van der Waals surface area contributed by atoms with E-state index in [4.69, 9.17) is 0 Å². The first-order valence-electron chi connectivity index (χ1n) is 7.59. The van der Waals surface area contributed by atoms with Crippen LogP contribution in [-0.2, 0) is 6.42 Å². The van der Waals surface area contributed by atoms with Crippen LogP contribution < -0.4 is 10.6 Å². The highest BCUT2D eigenvalue weighted by molar-refractivity contribution is 5.89. The highest BCUT2D eigenvalue weighted by atomic mass is 16.2. The van der Waals surface area contributed by atoms with Crippen molar-refractivity contribution in [3.8, 4) is 0 Å². The highest BCUT2D eigenvalue weighted by Crippen LogP contribution is 2.19. The van der Waals surface area contributed by atoms with Gasteiger partial charge in [-0.1, -0.05) is 30.7 Å². The first-order valence-corrected chi connectivity index (χ1v) is 7.59. The summed E-state index contributed by atoms with van der Waals surface area (Å²) >= 11 is 0. The molecule has 108 valence electrons.